The van der Waals surface area contributed by atoms with E-state index in [0.29, 0.717) is 5.92 Å². The van der Waals surface area contributed by atoms with Gasteiger partial charge in [-0.25, -0.2) is 4.98 Å². The zero-order chi connectivity index (χ0) is 11.1. The molecule has 0 radical (unpaired) electrons. The molecule has 0 aliphatic heterocycles. The van der Waals surface area contributed by atoms with Crippen molar-refractivity contribution in [3.8, 4) is 9.88 Å². The number of nitrogens with two attached hydrogens (primary N) is 1. The lowest BCUT2D eigenvalue weighted by molar-refractivity contribution is 1.05. The van der Waals surface area contributed by atoms with E-state index in [0.717, 1.165) is 15.6 Å². The van der Waals surface area contributed by atoms with Gasteiger partial charge in [-0.2, -0.15) is 0 Å². The van der Waals surface area contributed by atoms with Gasteiger partial charge in [0.1, 0.15) is 10.8 Å². The van der Waals surface area contributed by atoms with Gasteiger partial charge >= 0.3 is 0 Å². The van der Waals surface area contributed by atoms with Crippen LogP contribution in [0.5, 0.6) is 0 Å². The van der Waals surface area contributed by atoms with Crippen molar-refractivity contribution in [3.05, 3.63) is 28.1 Å². The summed E-state index contributed by atoms with van der Waals surface area (Å²) in [7, 11) is 0. The molecule has 0 unspecified atom stereocenters. The number of thiazole rings is 1. The second-order valence-electron chi connectivity index (χ2n) is 3.90. The van der Waals surface area contributed by atoms with E-state index in [-0.39, 0.29) is 5.84 Å². The summed E-state index contributed by atoms with van der Waals surface area (Å²) in [6, 6.07) is 4.08. The fourth-order valence-electron chi connectivity index (χ4n) is 1.66. The highest BCUT2D eigenvalue weighted by Gasteiger charge is 2.30. The van der Waals surface area contributed by atoms with Gasteiger partial charge in [0.15, 0.2) is 0 Å². The summed E-state index contributed by atoms with van der Waals surface area (Å²) in [5.74, 6) is 0.700. The number of hydrogen-bond acceptors (Lipinski definition) is 4. The van der Waals surface area contributed by atoms with Crippen molar-refractivity contribution < 1.29 is 0 Å². The van der Waals surface area contributed by atoms with Crippen LogP contribution in [0.4, 0.5) is 0 Å². The van der Waals surface area contributed by atoms with E-state index in [4.69, 9.17) is 11.1 Å². The van der Waals surface area contributed by atoms with E-state index >= 15 is 0 Å². The Morgan fingerprint density at radius 1 is 1.50 bits per heavy atom. The van der Waals surface area contributed by atoms with E-state index < -0.39 is 0 Å². The number of thiophene rings is 1. The minimum absolute atomic E-state index is 0.155. The number of rotatable bonds is 3. The van der Waals surface area contributed by atoms with Crippen molar-refractivity contribution >= 4 is 28.5 Å². The van der Waals surface area contributed by atoms with E-state index in [2.05, 4.69) is 11.1 Å². The van der Waals surface area contributed by atoms with Crippen LogP contribution in [0.3, 0.4) is 0 Å². The van der Waals surface area contributed by atoms with Crippen LogP contribution in [0.15, 0.2) is 17.5 Å². The van der Waals surface area contributed by atoms with Gasteiger partial charge in [-0.15, -0.1) is 22.7 Å². The topological polar surface area (TPSA) is 62.8 Å². The normalized spacial score (nSPS) is 15.2. The summed E-state index contributed by atoms with van der Waals surface area (Å²) < 4.78 is 0. The number of nitrogens with one attached hydrogen (secondary N) is 1. The number of amidine groups is 1. The molecule has 0 spiro atoms. The molecule has 2 aromatic heterocycles. The highest BCUT2D eigenvalue weighted by atomic mass is 32.1. The first-order chi connectivity index (χ1) is 7.75. The first-order valence-electron chi connectivity index (χ1n) is 5.14. The van der Waals surface area contributed by atoms with Crippen LogP contribution < -0.4 is 5.73 Å². The lowest BCUT2D eigenvalue weighted by atomic mass is 10.2. The second-order valence-corrected chi connectivity index (χ2v) is 5.85. The largest absolute Gasteiger partial charge is 0.383 e. The van der Waals surface area contributed by atoms with Crippen molar-refractivity contribution in [1.29, 1.82) is 5.41 Å². The predicted octanol–water partition coefficient (Wildman–Crippen LogP) is 3.03. The summed E-state index contributed by atoms with van der Waals surface area (Å²) in [4.78, 5) is 6.68. The maximum Gasteiger partial charge on any atom is 0.135 e. The Bertz CT molecular complexity index is 523. The third-order valence-corrected chi connectivity index (χ3v) is 4.74. The lowest BCUT2D eigenvalue weighted by Gasteiger charge is -1.95. The Balaban J connectivity index is 2.08. The number of nitrogens with zero attached hydrogens (tertiary/aromatic N) is 1. The summed E-state index contributed by atoms with van der Waals surface area (Å²) in [5.41, 5.74) is 6.65. The highest BCUT2D eigenvalue weighted by Crippen LogP contribution is 2.44. The van der Waals surface area contributed by atoms with Gasteiger partial charge in [0.25, 0.3) is 0 Å². The second kappa shape index (κ2) is 3.68. The molecule has 1 aliphatic rings. The Labute approximate surface area is 101 Å². The maximum absolute atomic E-state index is 7.59. The smallest absolute Gasteiger partial charge is 0.135 e. The molecule has 3 nitrogen and oxygen atoms in total. The molecule has 16 heavy (non-hydrogen) atoms. The molecule has 0 bridgehead atoms. The van der Waals surface area contributed by atoms with Crippen LogP contribution in [0.2, 0.25) is 0 Å². The third kappa shape index (κ3) is 1.66. The fourth-order valence-corrected chi connectivity index (χ4v) is 3.47. The van der Waals surface area contributed by atoms with Gasteiger partial charge in [-0.3, -0.25) is 5.41 Å². The van der Waals surface area contributed by atoms with Crippen molar-refractivity contribution in [2.75, 3.05) is 0 Å². The summed E-state index contributed by atoms with van der Waals surface area (Å²) in [6.07, 6.45) is 2.38. The fraction of sp³-hybridized carbons (Fsp3) is 0.273. The average Bonchev–Trinajstić information content (AvgIpc) is 2.83. The molecule has 5 heteroatoms. The molecule has 0 atom stereocenters. The van der Waals surface area contributed by atoms with Crippen molar-refractivity contribution in [2.24, 2.45) is 5.73 Å². The molecule has 2 aromatic rings. The number of nitrogen functional groups attached to an aromatic ring is 1. The van der Waals surface area contributed by atoms with E-state index in [1.165, 1.54) is 17.7 Å². The molecule has 1 saturated carbocycles. The molecule has 0 amide bonds. The van der Waals surface area contributed by atoms with Crippen LogP contribution in [0.1, 0.15) is 29.3 Å². The Morgan fingerprint density at radius 2 is 2.31 bits per heavy atom. The van der Waals surface area contributed by atoms with Crippen LogP contribution in [-0.2, 0) is 0 Å². The lowest BCUT2D eigenvalue weighted by Crippen LogP contribution is -2.11. The van der Waals surface area contributed by atoms with Crippen LogP contribution in [-0.4, -0.2) is 10.8 Å². The monoisotopic (exact) mass is 249 g/mol. The Hall–Kier alpha value is -1.20. The molecule has 3 rings (SSSR count). The summed E-state index contributed by atoms with van der Waals surface area (Å²) in [5, 5.41) is 10.6. The van der Waals surface area contributed by atoms with E-state index in [9.17, 15) is 0 Å². The van der Waals surface area contributed by atoms with Gasteiger partial charge in [-0.1, -0.05) is 6.07 Å². The maximum atomic E-state index is 7.59. The van der Waals surface area contributed by atoms with E-state index in [1.54, 1.807) is 22.7 Å². The molecule has 82 valence electrons. The van der Waals surface area contributed by atoms with Crippen molar-refractivity contribution in [3.63, 3.8) is 0 Å². The Kier molecular flexibility index (Phi) is 2.29. The predicted molar refractivity (Wildman–Crippen MR) is 68.4 cm³/mol. The minimum Gasteiger partial charge on any atom is -0.383 e. The zero-order valence-corrected chi connectivity index (χ0v) is 10.2. The summed E-state index contributed by atoms with van der Waals surface area (Å²) in [6.45, 7) is 0. The van der Waals surface area contributed by atoms with Crippen molar-refractivity contribution in [1.82, 2.24) is 4.98 Å². The molecular formula is C11H11N3S2. The van der Waals surface area contributed by atoms with E-state index in [1.807, 2.05) is 11.4 Å². The first-order valence-corrected chi connectivity index (χ1v) is 6.84. The van der Waals surface area contributed by atoms with Crippen LogP contribution in [0.25, 0.3) is 9.88 Å². The van der Waals surface area contributed by atoms with Gasteiger partial charge < -0.3 is 5.73 Å². The molecular weight excluding hydrogens is 238 g/mol. The number of aromatic nitrogens is 1. The molecule has 1 aliphatic carbocycles. The average molecular weight is 249 g/mol. The van der Waals surface area contributed by atoms with Crippen LogP contribution in [0, 0.1) is 5.41 Å². The van der Waals surface area contributed by atoms with Gasteiger partial charge in [0.05, 0.1) is 15.4 Å². The number of hydrogen-bond donors (Lipinski definition) is 2. The van der Waals surface area contributed by atoms with Gasteiger partial charge in [-0.05, 0) is 24.3 Å². The quantitative estimate of drug-likeness (QED) is 0.648. The molecule has 0 aromatic carbocycles. The first kappa shape index (κ1) is 9.99. The Morgan fingerprint density at radius 3 is 2.88 bits per heavy atom. The summed E-state index contributed by atoms with van der Waals surface area (Å²) >= 11 is 3.22. The molecule has 3 N–H and O–H groups in total. The molecule has 1 fully saturated rings. The molecule has 2 heterocycles. The highest BCUT2D eigenvalue weighted by molar-refractivity contribution is 7.22. The van der Waals surface area contributed by atoms with Crippen molar-refractivity contribution in [2.45, 2.75) is 18.8 Å². The van der Waals surface area contributed by atoms with Gasteiger partial charge in [0.2, 0.25) is 0 Å². The minimum atomic E-state index is 0.155. The standard InChI is InChI=1S/C11H11N3S2/c12-10(13)9-8(6-3-4-6)14-11(16-9)7-2-1-5-15-7/h1-2,5-6H,3-4H2,(H3,12,13). The third-order valence-electron chi connectivity index (χ3n) is 2.59. The van der Waals surface area contributed by atoms with Gasteiger partial charge in [0, 0.05) is 5.92 Å². The van der Waals surface area contributed by atoms with Crippen LogP contribution >= 0.6 is 22.7 Å². The zero-order valence-electron chi connectivity index (χ0n) is 8.56. The SMILES string of the molecule is N=C(N)c1sc(-c2cccs2)nc1C1CC1. The molecule has 0 saturated heterocycles.